The maximum atomic E-state index is 14.4. The number of hydrogen-bond acceptors (Lipinski definition) is 14. The van der Waals surface area contributed by atoms with Crippen molar-refractivity contribution >= 4 is 64.1 Å². The smallest absolute Gasteiger partial charge is 0.251 e. The van der Waals surface area contributed by atoms with Crippen LogP contribution in [-0.2, 0) is 39.6 Å². The van der Waals surface area contributed by atoms with Crippen LogP contribution < -0.4 is 47.6 Å². The molecule has 0 aliphatic carbocycles. The molecule has 4 aliphatic heterocycles. The molecule has 4 heterocycles. The minimum Gasteiger partial charge on any atom is -0.347 e. The van der Waals surface area contributed by atoms with Crippen molar-refractivity contribution in [3.8, 4) is 0 Å². The number of anilines is 1. The Labute approximate surface area is 467 Å². The van der Waals surface area contributed by atoms with E-state index in [0.29, 0.717) is 24.4 Å². The molecule has 3 aromatic rings. The van der Waals surface area contributed by atoms with E-state index in [4.69, 9.17) is 0 Å². The summed E-state index contributed by atoms with van der Waals surface area (Å²) in [6.45, 7) is 15.2. The topological polar surface area (TPSA) is 280 Å². The molecule has 9 atom stereocenters. The number of aldehydes is 1. The number of amides is 7. The molecular weight excluding hydrogens is 1030 g/mol. The largest absolute Gasteiger partial charge is 0.347 e. The van der Waals surface area contributed by atoms with Crippen molar-refractivity contribution < 1.29 is 47.8 Å². The first-order valence-electron chi connectivity index (χ1n) is 27.2. The van der Waals surface area contributed by atoms with E-state index in [1.165, 1.54) is 39.6 Å². The lowest BCUT2D eigenvalue weighted by Gasteiger charge is -2.36. The fourth-order valence-corrected chi connectivity index (χ4v) is 11.6. The zero-order valence-corrected chi connectivity index (χ0v) is 48.4. The molecule has 0 radical (unpaired) electrons. The highest BCUT2D eigenvalue weighted by atomic mass is 32.2. The molecule has 0 aromatic heterocycles. The van der Waals surface area contributed by atoms with E-state index < -0.39 is 99.4 Å². The molecule has 9 unspecified atom stereocenters. The average Bonchev–Trinajstić information content (AvgIpc) is 4.09. The van der Waals surface area contributed by atoms with Gasteiger partial charge >= 0.3 is 0 Å². The SMILES string of the molecule is CC.CNC1CCS(=O)c2ccccc21.CNCC(=O)NC(C(=O)N1CC(NC(=O)c2ccc(C(=O)NC3CC(C(=O)NC4CCN(O)c5ccccc54)N(C(=O)C(NC(=O)CNC)C(C)(C)C)C3)cc2)CC1C=O)C(C)(C)C. The summed E-state index contributed by atoms with van der Waals surface area (Å²) in [5.74, 6) is -2.32. The van der Waals surface area contributed by atoms with Crippen LogP contribution in [0.1, 0.15) is 125 Å². The number of carbonyl (C=O) groups excluding carboxylic acids is 8. The molecule has 0 saturated carbocycles. The Morgan fingerprint density at radius 2 is 1.15 bits per heavy atom. The normalized spacial score (nSPS) is 22.2. The first-order valence-corrected chi connectivity index (χ1v) is 28.5. The molecule has 0 spiro atoms. The van der Waals surface area contributed by atoms with Crippen LogP contribution in [-0.4, -0.2) is 163 Å². The summed E-state index contributed by atoms with van der Waals surface area (Å²) >= 11 is 0. The van der Waals surface area contributed by atoms with E-state index in [2.05, 4.69) is 48.6 Å². The molecule has 9 N–H and O–H groups in total. The average molecular weight is 1110 g/mol. The number of para-hydroxylation sites is 1. The summed E-state index contributed by atoms with van der Waals surface area (Å²) in [6, 6.07) is 16.0. The number of likely N-dealkylation sites (N-methyl/N-ethyl adjacent to an activating group) is 2. The Bertz CT molecular complexity index is 2660. The molecule has 2 fully saturated rings. The Hall–Kier alpha value is -6.59. The standard InChI is InChI=1S/C45H64N10O9.C10H13NOS.C2H6/c1-44(2,3)37(51-35(57)21-46-7)42(62)53-23-28(19-30(53)25-56)48-39(59)26-13-15-27(16-14-26)40(60)49-29-20-34(41(61)50-32-17-18-55(64)33-12-10-9-11-31(32)33)54(24-29)43(63)38(45(4,5)6)52-36(58)22-47-8;1-11-9-6-7-13(12)10-5-3-2-4-8(9)10;1-2/h9-16,25,28-30,32,34,37-38,46-47,64H,17-24H2,1-8H3,(H,48,59)(H,49,60)(H,50,61)(H,51,57)(H,52,58);2-5,9,11H,6-7H2,1H3;1-2H3. The van der Waals surface area contributed by atoms with Gasteiger partial charge < -0.3 is 57.1 Å². The fourth-order valence-electron chi connectivity index (χ4n) is 10.2. The Kier molecular flexibility index (Phi) is 22.8. The summed E-state index contributed by atoms with van der Waals surface area (Å²) in [4.78, 5) is 110. The number of nitrogens with one attached hydrogen (secondary N) is 8. The number of likely N-dealkylation sites (tertiary alicyclic amines) is 2. The highest BCUT2D eigenvalue weighted by Crippen LogP contribution is 2.34. The molecule has 7 amide bonds. The summed E-state index contributed by atoms with van der Waals surface area (Å²) in [6.07, 6.45) is 2.30. The number of rotatable bonds is 16. The second-order valence-electron chi connectivity index (χ2n) is 22.1. The second-order valence-corrected chi connectivity index (χ2v) is 23.7. The van der Waals surface area contributed by atoms with E-state index >= 15 is 0 Å². The highest BCUT2D eigenvalue weighted by molar-refractivity contribution is 7.85. The Morgan fingerprint density at radius 3 is 1.67 bits per heavy atom. The van der Waals surface area contributed by atoms with Crippen molar-refractivity contribution in [1.29, 1.82) is 0 Å². The van der Waals surface area contributed by atoms with Gasteiger partial charge in [-0.3, -0.25) is 48.0 Å². The summed E-state index contributed by atoms with van der Waals surface area (Å²) < 4.78 is 11.6. The van der Waals surface area contributed by atoms with Crippen LogP contribution in [0.2, 0.25) is 0 Å². The van der Waals surface area contributed by atoms with Crippen LogP contribution in [0.4, 0.5) is 5.69 Å². The van der Waals surface area contributed by atoms with Crippen molar-refractivity contribution in [2.75, 3.05) is 64.7 Å². The van der Waals surface area contributed by atoms with Gasteiger partial charge in [-0.25, -0.2) is 0 Å². The zero-order chi connectivity index (χ0) is 58.4. The lowest BCUT2D eigenvalue weighted by molar-refractivity contribution is -0.144. The first-order chi connectivity index (χ1) is 37.5. The lowest BCUT2D eigenvalue weighted by Crippen LogP contribution is -2.58. The number of fused-ring (bicyclic) bond motifs is 2. The number of carbonyl (C=O) groups is 8. The maximum Gasteiger partial charge on any atom is 0.251 e. The van der Waals surface area contributed by atoms with Crippen molar-refractivity contribution in [2.24, 2.45) is 10.8 Å². The van der Waals surface area contributed by atoms with E-state index in [9.17, 15) is 47.8 Å². The molecule has 4 aliphatic rings. The molecule has 79 heavy (non-hydrogen) atoms. The van der Waals surface area contributed by atoms with Gasteiger partial charge in [0.15, 0.2) is 0 Å². The first kappa shape index (κ1) is 63.2. The third-order valence-corrected chi connectivity index (χ3v) is 15.7. The Balaban J connectivity index is 0.000000658. The summed E-state index contributed by atoms with van der Waals surface area (Å²) in [5, 5.41) is 34.8. The second kappa shape index (κ2) is 28.5. The summed E-state index contributed by atoms with van der Waals surface area (Å²) in [7, 11) is 4.41. The van der Waals surface area contributed by atoms with Crippen LogP contribution in [0.3, 0.4) is 0 Å². The minimum atomic E-state index is -1.01. The van der Waals surface area contributed by atoms with Gasteiger partial charge in [0.05, 0.1) is 41.7 Å². The highest BCUT2D eigenvalue weighted by Gasteiger charge is 2.47. The van der Waals surface area contributed by atoms with Crippen LogP contribution >= 0.6 is 0 Å². The van der Waals surface area contributed by atoms with Gasteiger partial charge in [0.25, 0.3) is 11.8 Å². The zero-order valence-electron chi connectivity index (χ0n) is 47.6. The molecule has 0 bridgehead atoms. The molecule has 21 nitrogen and oxygen atoms in total. The number of benzene rings is 3. The molecule has 2 saturated heterocycles. The van der Waals surface area contributed by atoms with Gasteiger partial charge in [0, 0.05) is 65.1 Å². The van der Waals surface area contributed by atoms with Crippen LogP contribution in [0.25, 0.3) is 0 Å². The van der Waals surface area contributed by atoms with Crippen molar-refractivity contribution in [2.45, 2.75) is 134 Å². The van der Waals surface area contributed by atoms with Crippen LogP contribution in [0.15, 0.2) is 77.7 Å². The van der Waals surface area contributed by atoms with Gasteiger partial charge in [-0.1, -0.05) is 91.8 Å². The van der Waals surface area contributed by atoms with Crippen molar-refractivity contribution in [1.82, 2.24) is 52.3 Å². The van der Waals surface area contributed by atoms with Gasteiger partial charge in [0.1, 0.15) is 24.4 Å². The monoisotopic (exact) mass is 1110 g/mol. The predicted octanol–water partition coefficient (Wildman–Crippen LogP) is 2.73. The van der Waals surface area contributed by atoms with Gasteiger partial charge in [-0.05, 0) is 99.6 Å². The van der Waals surface area contributed by atoms with Crippen LogP contribution in [0, 0.1) is 10.8 Å². The third kappa shape index (κ3) is 16.3. The van der Waals surface area contributed by atoms with Gasteiger partial charge in [-0.2, -0.15) is 0 Å². The van der Waals surface area contributed by atoms with E-state index in [0.717, 1.165) is 27.7 Å². The molecule has 3 aromatic carbocycles. The number of hydrogen-bond donors (Lipinski definition) is 9. The number of hydroxylamine groups is 1. The third-order valence-electron chi connectivity index (χ3n) is 14.3. The van der Waals surface area contributed by atoms with Crippen LogP contribution in [0.5, 0.6) is 0 Å². The molecular formula is C57H83N11O10S. The fraction of sp³-hybridized carbons (Fsp3) is 0.544. The minimum absolute atomic E-state index is 0.0101. The Morgan fingerprint density at radius 1 is 0.658 bits per heavy atom. The van der Waals surface area contributed by atoms with E-state index in [1.807, 2.05) is 92.8 Å². The van der Waals surface area contributed by atoms with Gasteiger partial charge in [0.2, 0.25) is 29.5 Å². The van der Waals surface area contributed by atoms with Gasteiger partial charge in [-0.15, -0.1) is 0 Å². The lowest BCUT2D eigenvalue weighted by atomic mass is 9.85. The van der Waals surface area contributed by atoms with E-state index in [-0.39, 0.29) is 62.6 Å². The molecule has 7 rings (SSSR count). The predicted molar refractivity (Wildman–Crippen MR) is 302 cm³/mol. The van der Waals surface area contributed by atoms with Crippen molar-refractivity contribution in [3.05, 3.63) is 95.1 Å². The quantitative estimate of drug-likeness (QED) is 0.0934. The van der Waals surface area contributed by atoms with E-state index in [1.54, 1.807) is 26.2 Å². The van der Waals surface area contributed by atoms with Crippen molar-refractivity contribution in [3.63, 3.8) is 0 Å². The number of nitrogens with zero attached hydrogens (tertiary/aromatic N) is 3. The molecule has 432 valence electrons. The molecule has 22 heteroatoms. The maximum absolute atomic E-state index is 14.4. The summed E-state index contributed by atoms with van der Waals surface area (Å²) in [5.41, 5.74) is 1.53.